The van der Waals surface area contributed by atoms with Crippen molar-refractivity contribution in [2.45, 2.75) is 32.1 Å². The van der Waals surface area contributed by atoms with Crippen molar-refractivity contribution in [2.24, 2.45) is 0 Å². The monoisotopic (exact) mass is 379 g/mol. The lowest BCUT2D eigenvalue weighted by Gasteiger charge is -2.13. The van der Waals surface area contributed by atoms with Gasteiger partial charge in [0.05, 0.1) is 30.2 Å². The summed E-state index contributed by atoms with van der Waals surface area (Å²) in [6, 6.07) is 10.5. The van der Waals surface area contributed by atoms with E-state index in [4.69, 9.17) is 4.74 Å². The van der Waals surface area contributed by atoms with Gasteiger partial charge in [-0.2, -0.15) is 0 Å². The molecule has 0 aliphatic heterocycles. The van der Waals surface area contributed by atoms with E-state index in [1.54, 1.807) is 36.5 Å². The first kappa shape index (κ1) is 19.6. The summed E-state index contributed by atoms with van der Waals surface area (Å²) in [5.41, 5.74) is 3.53. The maximum absolute atomic E-state index is 12.3. The highest BCUT2D eigenvalue weighted by Crippen LogP contribution is 2.21. The van der Waals surface area contributed by atoms with E-state index in [9.17, 15) is 9.59 Å². The van der Waals surface area contributed by atoms with Crippen molar-refractivity contribution in [3.8, 4) is 0 Å². The third-order valence-electron chi connectivity index (χ3n) is 4.72. The van der Waals surface area contributed by atoms with E-state index in [1.807, 2.05) is 6.07 Å². The van der Waals surface area contributed by atoms with Gasteiger partial charge >= 0.3 is 5.97 Å². The Kier molecular flexibility index (Phi) is 6.78. The summed E-state index contributed by atoms with van der Waals surface area (Å²) >= 11 is 0. The number of rotatable bonds is 7. The van der Waals surface area contributed by atoms with Crippen LogP contribution in [0.2, 0.25) is 0 Å². The van der Waals surface area contributed by atoms with E-state index in [0.29, 0.717) is 29.2 Å². The molecule has 1 heterocycles. The first-order chi connectivity index (χ1) is 13.7. The zero-order valence-electron chi connectivity index (χ0n) is 16.0. The molecule has 3 rings (SSSR count). The summed E-state index contributed by atoms with van der Waals surface area (Å²) < 4.78 is 4.80. The van der Waals surface area contributed by atoms with Gasteiger partial charge in [-0.1, -0.05) is 23.8 Å². The highest BCUT2D eigenvalue weighted by molar-refractivity contribution is 5.96. The number of aromatic nitrogens is 1. The van der Waals surface area contributed by atoms with Gasteiger partial charge in [0.1, 0.15) is 5.69 Å². The fraction of sp³-hybridized carbons (Fsp3) is 0.318. The smallest absolute Gasteiger partial charge is 0.339 e. The summed E-state index contributed by atoms with van der Waals surface area (Å²) in [6.45, 7) is 0.624. The van der Waals surface area contributed by atoms with E-state index >= 15 is 0 Å². The number of pyridine rings is 1. The minimum Gasteiger partial charge on any atom is -0.465 e. The van der Waals surface area contributed by atoms with Gasteiger partial charge in [-0.3, -0.25) is 4.79 Å². The molecular formula is C22H25N3O3. The van der Waals surface area contributed by atoms with Gasteiger partial charge in [0, 0.05) is 6.54 Å². The Balaban J connectivity index is 1.57. The molecular weight excluding hydrogens is 354 g/mol. The molecule has 1 aromatic heterocycles. The molecule has 1 aliphatic carbocycles. The SMILES string of the molecule is COC(=O)c1ccccc1Nc1ccc(C(=O)NCCC2=CCCCC2)nc1. The van der Waals surface area contributed by atoms with Gasteiger partial charge in [-0.25, -0.2) is 9.78 Å². The maximum Gasteiger partial charge on any atom is 0.339 e. The first-order valence-electron chi connectivity index (χ1n) is 9.54. The molecule has 0 saturated heterocycles. The molecule has 0 bridgehead atoms. The molecule has 1 amide bonds. The molecule has 28 heavy (non-hydrogen) atoms. The van der Waals surface area contributed by atoms with Crippen LogP contribution in [0.25, 0.3) is 0 Å². The minimum atomic E-state index is -0.417. The second-order valence-electron chi connectivity index (χ2n) is 6.71. The van der Waals surface area contributed by atoms with E-state index in [-0.39, 0.29) is 5.91 Å². The van der Waals surface area contributed by atoms with Gasteiger partial charge in [0.2, 0.25) is 0 Å². The molecule has 2 aromatic rings. The number of hydrogen-bond acceptors (Lipinski definition) is 5. The normalized spacial score (nSPS) is 13.4. The molecule has 0 saturated carbocycles. The summed E-state index contributed by atoms with van der Waals surface area (Å²) in [7, 11) is 1.35. The van der Waals surface area contributed by atoms with Crippen LogP contribution in [-0.2, 0) is 4.74 Å². The Morgan fingerprint density at radius 3 is 2.71 bits per heavy atom. The molecule has 0 spiro atoms. The van der Waals surface area contributed by atoms with Crippen molar-refractivity contribution >= 4 is 23.3 Å². The van der Waals surface area contributed by atoms with Crippen LogP contribution in [0.3, 0.4) is 0 Å². The summed E-state index contributed by atoms with van der Waals surface area (Å²) in [4.78, 5) is 28.3. The largest absolute Gasteiger partial charge is 0.465 e. The molecule has 1 aliphatic rings. The quantitative estimate of drug-likeness (QED) is 0.556. The van der Waals surface area contributed by atoms with Gasteiger partial charge in [0.25, 0.3) is 5.91 Å². The van der Waals surface area contributed by atoms with Gasteiger partial charge in [-0.15, -0.1) is 0 Å². The second-order valence-corrected chi connectivity index (χ2v) is 6.71. The highest BCUT2D eigenvalue weighted by Gasteiger charge is 2.12. The third-order valence-corrected chi connectivity index (χ3v) is 4.72. The number of hydrogen-bond donors (Lipinski definition) is 2. The number of nitrogens with one attached hydrogen (secondary N) is 2. The number of allylic oxidation sites excluding steroid dienone is 1. The first-order valence-corrected chi connectivity index (χ1v) is 9.54. The zero-order valence-corrected chi connectivity index (χ0v) is 16.0. The Morgan fingerprint density at radius 1 is 1.14 bits per heavy atom. The van der Waals surface area contributed by atoms with Gasteiger partial charge in [0.15, 0.2) is 0 Å². The number of ether oxygens (including phenoxy) is 1. The van der Waals surface area contributed by atoms with Crippen LogP contribution in [0.4, 0.5) is 11.4 Å². The van der Waals surface area contributed by atoms with E-state index in [1.165, 1.54) is 25.5 Å². The van der Waals surface area contributed by atoms with Crippen LogP contribution in [0, 0.1) is 0 Å². The molecule has 1 aromatic carbocycles. The lowest BCUT2D eigenvalue weighted by atomic mass is 9.97. The molecule has 6 nitrogen and oxygen atoms in total. The second kappa shape index (κ2) is 9.69. The van der Waals surface area contributed by atoms with Crippen LogP contribution < -0.4 is 10.6 Å². The number of carbonyl (C=O) groups is 2. The van der Waals surface area contributed by atoms with E-state index < -0.39 is 5.97 Å². The molecule has 0 unspecified atom stereocenters. The average molecular weight is 379 g/mol. The van der Waals surface area contributed by atoms with Crippen molar-refractivity contribution in [1.82, 2.24) is 10.3 Å². The maximum atomic E-state index is 12.3. The molecule has 2 N–H and O–H groups in total. The van der Waals surface area contributed by atoms with Crippen molar-refractivity contribution in [2.75, 3.05) is 19.0 Å². The third kappa shape index (κ3) is 5.19. The van der Waals surface area contributed by atoms with Crippen LogP contribution in [-0.4, -0.2) is 30.5 Å². The Morgan fingerprint density at radius 2 is 2.00 bits per heavy atom. The number of carbonyl (C=O) groups excluding carboxylic acids is 2. The number of benzene rings is 1. The fourth-order valence-electron chi connectivity index (χ4n) is 3.20. The van der Waals surface area contributed by atoms with Crippen molar-refractivity contribution < 1.29 is 14.3 Å². The number of amides is 1. The molecule has 6 heteroatoms. The highest BCUT2D eigenvalue weighted by atomic mass is 16.5. The molecule has 0 atom stereocenters. The minimum absolute atomic E-state index is 0.182. The van der Waals surface area contributed by atoms with Crippen molar-refractivity contribution in [1.29, 1.82) is 0 Å². The zero-order chi connectivity index (χ0) is 19.8. The summed E-state index contributed by atoms with van der Waals surface area (Å²) in [5.74, 6) is -0.599. The van der Waals surface area contributed by atoms with E-state index in [2.05, 4.69) is 21.7 Å². The predicted molar refractivity (Wildman–Crippen MR) is 109 cm³/mol. The number of para-hydroxylation sites is 1. The number of anilines is 2. The predicted octanol–water partition coefficient (Wildman–Crippen LogP) is 4.23. The van der Waals surface area contributed by atoms with Crippen LogP contribution >= 0.6 is 0 Å². The van der Waals surface area contributed by atoms with Gasteiger partial charge in [-0.05, 0) is 56.4 Å². The molecule has 0 fully saturated rings. The molecule has 0 radical (unpaired) electrons. The average Bonchev–Trinajstić information content (AvgIpc) is 2.75. The lowest BCUT2D eigenvalue weighted by molar-refractivity contribution is 0.0601. The number of methoxy groups -OCH3 is 1. The standard InChI is InChI=1S/C22H25N3O3/c1-28-22(27)18-9-5-6-10-19(18)25-17-11-12-20(24-15-17)21(26)23-14-13-16-7-3-2-4-8-16/h5-7,9-12,15,25H,2-4,8,13-14H2,1H3,(H,23,26). The Hall–Kier alpha value is -3.15. The van der Waals surface area contributed by atoms with E-state index in [0.717, 1.165) is 19.3 Å². The van der Waals surface area contributed by atoms with Crippen molar-refractivity contribution in [3.05, 3.63) is 65.5 Å². The fourth-order valence-corrected chi connectivity index (χ4v) is 3.20. The summed E-state index contributed by atoms with van der Waals surface area (Å²) in [5, 5.41) is 6.06. The van der Waals surface area contributed by atoms with Crippen molar-refractivity contribution in [3.63, 3.8) is 0 Å². The topological polar surface area (TPSA) is 80.3 Å². The Bertz CT molecular complexity index is 860. The Labute approximate surface area is 165 Å². The van der Waals surface area contributed by atoms with Gasteiger partial charge < -0.3 is 15.4 Å². The number of nitrogens with zero attached hydrogens (tertiary/aromatic N) is 1. The van der Waals surface area contributed by atoms with Crippen LogP contribution in [0.1, 0.15) is 53.0 Å². The lowest BCUT2D eigenvalue weighted by Crippen LogP contribution is -2.25. The number of esters is 1. The summed E-state index contributed by atoms with van der Waals surface area (Å²) in [6.07, 6.45) is 9.57. The van der Waals surface area contributed by atoms with Crippen LogP contribution in [0.15, 0.2) is 54.2 Å². The van der Waals surface area contributed by atoms with Crippen LogP contribution in [0.5, 0.6) is 0 Å². The molecule has 146 valence electrons.